The molecule has 1 saturated heterocycles. The minimum atomic E-state index is -3.89. The fourth-order valence-corrected chi connectivity index (χ4v) is 7.94. The molecule has 6 rings (SSSR count). The Morgan fingerprint density at radius 3 is 2.36 bits per heavy atom. The summed E-state index contributed by atoms with van der Waals surface area (Å²) in [4.78, 5) is 66.4. The SMILES string of the molecule is C=CC1CC1(NC(=O)[C@@H]1C[C@@H](Oc2ccnc(N3Cc4ccccc4C3)n2)CN1C(=O)[C@@H](NC(=O)OC)C(C)(C)C)C(=O)NS(=O)(=O)C1CC1. The van der Waals surface area contributed by atoms with E-state index in [0.29, 0.717) is 31.9 Å². The highest BCUT2D eigenvalue weighted by Crippen LogP contribution is 2.45. The van der Waals surface area contributed by atoms with Gasteiger partial charge in [-0.2, -0.15) is 4.98 Å². The first kappa shape index (κ1) is 35.1. The number of hydrogen-bond acceptors (Lipinski definition) is 11. The number of ether oxygens (including phenoxy) is 2. The Labute approximate surface area is 291 Å². The van der Waals surface area contributed by atoms with Gasteiger partial charge in [-0.05, 0) is 35.8 Å². The van der Waals surface area contributed by atoms with E-state index in [-0.39, 0.29) is 25.3 Å². The van der Waals surface area contributed by atoms with Gasteiger partial charge < -0.3 is 29.9 Å². The number of likely N-dealkylation sites (tertiary alicyclic amines) is 1. The van der Waals surface area contributed by atoms with Gasteiger partial charge in [-0.1, -0.05) is 51.1 Å². The van der Waals surface area contributed by atoms with Gasteiger partial charge in [0.15, 0.2) is 0 Å². The van der Waals surface area contributed by atoms with Crippen LogP contribution in [0.3, 0.4) is 0 Å². The molecule has 5 atom stereocenters. The second kappa shape index (κ2) is 13.2. The molecule has 2 saturated carbocycles. The molecule has 50 heavy (non-hydrogen) atoms. The standard InChI is InChI=1S/C34H43N7O8S/c1-6-22-16-34(22,30(44)39-50(46,47)24-11-12-24)38-28(42)25-15-23(19-41(25)29(43)27(33(2,3)4)37-32(45)48-5)49-26-13-14-35-31(36-26)40-17-20-9-7-8-10-21(20)18-40/h6-10,13-14,22-25,27H,1,11-12,15-19H2,2-5H3,(H,37,45)(H,38,42)(H,39,44)/t22?,23-,25+,27-,34?/m1/s1. The van der Waals surface area contributed by atoms with Crippen LogP contribution < -0.4 is 25.0 Å². The number of carbonyl (C=O) groups is 4. The van der Waals surface area contributed by atoms with Gasteiger partial charge in [0, 0.05) is 37.7 Å². The summed E-state index contributed by atoms with van der Waals surface area (Å²) in [5.74, 6) is -1.87. The van der Waals surface area contributed by atoms with Crippen LogP contribution in [0.15, 0.2) is 49.2 Å². The fourth-order valence-electron chi connectivity index (χ4n) is 6.58. The van der Waals surface area contributed by atoms with Gasteiger partial charge in [0.05, 0.1) is 18.9 Å². The molecular weight excluding hydrogens is 666 g/mol. The van der Waals surface area contributed by atoms with Crippen LogP contribution >= 0.6 is 0 Å². The van der Waals surface area contributed by atoms with Gasteiger partial charge in [-0.25, -0.2) is 18.2 Å². The molecule has 3 N–H and O–H groups in total. The summed E-state index contributed by atoms with van der Waals surface area (Å²) < 4.78 is 38.4. The Bertz CT molecular complexity index is 1790. The molecule has 0 radical (unpaired) electrons. The highest BCUT2D eigenvalue weighted by molar-refractivity contribution is 7.91. The third-order valence-corrected chi connectivity index (χ3v) is 11.5. The first-order chi connectivity index (χ1) is 23.6. The van der Waals surface area contributed by atoms with E-state index < -0.39 is 74.1 Å². The Morgan fingerprint density at radius 2 is 1.78 bits per heavy atom. The number of aromatic nitrogens is 2. The number of anilines is 1. The van der Waals surface area contributed by atoms with Crippen molar-refractivity contribution in [1.29, 1.82) is 0 Å². The van der Waals surface area contributed by atoms with Crippen LogP contribution in [0.5, 0.6) is 5.88 Å². The minimum absolute atomic E-state index is 0.0258. The molecule has 0 bridgehead atoms. The topological polar surface area (TPSA) is 189 Å². The molecule has 1 aromatic heterocycles. The van der Waals surface area contributed by atoms with E-state index in [9.17, 15) is 27.6 Å². The number of nitrogens with one attached hydrogen (secondary N) is 3. The van der Waals surface area contributed by atoms with Crippen molar-refractivity contribution in [3.05, 3.63) is 60.3 Å². The zero-order chi connectivity index (χ0) is 36.0. The number of alkyl carbamates (subject to hydrolysis) is 1. The quantitative estimate of drug-likeness (QED) is 0.289. The summed E-state index contributed by atoms with van der Waals surface area (Å²) in [5, 5.41) is 4.72. The van der Waals surface area contributed by atoms with Crippen molar-refractivity contribution >= 4 is 39.8 Å². The number of carbonyl (C=O) groups excluding carboxylic acids is 4. The number of hydrogen-bond donors (Lipinski definition) is 3. The Morgan fingerprint density at radius 1 is 1.10 bits per heavy atom. The third kappa shape index (κ3) is 7.11. The van der Waals surface area contributed by atoms with Gasteiger partial charge in [0.1, 0.15) is 23.7 Å². The molecule has 15 nitrogen and oxygen atoms in total. The van der Waals surface area contributed by atoms with E-state index in [1.54, 1.807) is 33.0 Å². The van der Waals surface area contributed by atoms with Crippen molar-refractivity contribution in [2.75, 3.05) is 18.6 Å². The predicted octanol–water partition coefficient (Wildman–Crippen LogP) is 1.79. The molecule has 3 fully saturated rings. The predicted molar refractivity (Wildman–Crippen MR) is 181 cm³/mol. The van der Waals surface area contributed by atoms with Crippen LogP contribution in [0.2, 0.25) is 0 Å². The zero-order valence-electron chi connectivity index (χ0n) is 28.5. The van der Waals surface area contributed by atoms with Crippen molar-refractivity contribution in [1.82, 2.24) is 30.2 Å². The summed E-state index contributed by atoms with van der Waals surface area (Å²) in [5.41, 5.74) is 0.0297. The first-order valence-electron chi connectivity index (χ1n) is 16.6. The monoisotopic (exact) mass is 709 g/mol. The van der Waals surface area contributed by atoms with Gasteiger partial charge in [-0.15, -0.1) is 6.58 Å². The molecule has 2 aliphatic carbocycles. The highest BCUT2D eigenvalue weighted by Gasteiger charge is 2.62. The number of fused-ring (bicyclic) bond motifs is 1. The Hall–Kier alpha value is -4.73. The van der Waals surface area contributed by atoms with Crippen LogP contribution in [0.1, 0.15) is 57.6 Å². The smallest absolute Gasteiger partial charge is 0.407 e. The highest BCUT2D eigenvalue weighted by atomic mass is 32.2. The van der Waals surface area contributed by atoms with Crippen LogP contribution in [0.4, 0.5) is 10.7 Å². The van der Waals surface area contributed by atoms with Crippen molar-refractivity contribution in [3.8, 4) is 5.88 Å². The van der Waals surface area contributed by atoms with Crippen LogP contribution in [-0.2, 0) is 42.2 Å². The third-order valence-electron chi connectivity index (χ3n) is 9.69. The van der Waals surface area contributed by atoms with E-state index in [0.717, 1.165) is 0 Å². The number of benzene rings is 1. The molecule has 4 aliphatic rings. The van der Waals surface area contributed by atoms with Gasteiger partial charge >= 0.3 is 6.09 Å². The Kier molecular flexibility index (Phi) is 9.26. The number of rotatable bonds is 11. The molecular formula is C34H43N7O8S. The number of sulfonamides is 1. The maximum Gasteiger partial charge on any atom is 0.407 e. The maximum atomic E-state index is 14.2. The van der Waals surface area contributed by atoms with Gasteiger partial charge in [0.2, 0.25) is 33.7 Å². The largest absolute Gasteiger partial charge is 0.472 e. The lowest BCUT2D eigenvalue weighted by Crippen LogP contribution is -2.60. The normalized spacial score (nSPS) is 24.8. The van der Waals surface area contributed by atoms with Crippen molar-refractivity contribution in [2.24, 2.45) is 11.3 Å². The van der Waals surface area contributed by atoms with Crippen molar-refractivity contribution in [2.45, 2.75) is 88.5 Å². The summed E-state index contributed by atoms with van der Waals surface area (Å²) >= 11 is 0. The molecule has 1 aromatic carbocycles. The van der Waals surface area contributed by atoms with Crippen LogP contribution in [0.25, 0.3) is 0 Å². The summed E-state index contributed by atoms with van der Waals surface area (Å²) in [6.45, 7) is 10.3. The van der Waals surface area contributed by atoms with E-state index in [1.807, 2.05) is 17.0 Å². The zero-order valence-corrected chi connectivity index (χ0v) is 29.4. The lowest BCUT2D eigenvalue weighted by molar-refractivity contribution is -0.142. The second-order valence-corrected chi connectivity index (χ2v) is 16.4. The molecule has 3 heterocycles. The molecule has 268 valence electrons. The summed E-state index contributed by atoms with van der Waals surface area (Å²) in [7, 11) is -2.70. The number of nitrogens with zero attached hydrogens (tertiary/aromatic N) is 4. The van der Waals surface area contributed by atoms with Crippen LogP contribution in [-0.4, -0.2) is 89.7 Å². The van der Waals surface area contributed by atoms with E-state index in [4.69, 9.17) is 9.47 Å². The average Bonchev–Trinajstić information content (AvgIpc) is 3.97. The molecule has 0 spiro atoms. The lowest BCUT2D eigenvalue weighted by atomic mass is 9.85. The number of methoxy groups -OCH3 is 1. The lowest BCUT2D eigenvalue weighted by Gasteiger charge is -2.35. The second-order valence-electron chi connectivity index (χ2n) is 14.4. The van der Waals surface area contributed by atoms with E-state index in [2.05, 4.69) is 44.0 Å². The van der Waals surface area contributed by atoms with E-state index >= 15 is 0 Å². The minimum Gasteiger partial charge on any atom is -0.472 e. The first-order valence-corrected chi connectivity index (χ1v) is 18.2. The van der Waals surface area contributed by atoms with Gasteiger partial charge in [-0.3, -0.25) is 19.1 Å². The summed E-state index contributed by atoms with van der Waals surface area (Å²) in [6.07, 6.45) is 2.65. The van der Waals surface area contributed by atoms with Crippen molar-refractivity contribution in [3.63, 3.8) is 0 Å². The molecule has 2 unspecified atom stereocenters. The Balaban J connectivity index is 1.24. The molecule has 4 amide bonds. The molecule has 16 heteroatoms. The fraction of sp³-hybridized carbons (Fsp3) is 0.529. The average molecular weight is 710 g/mol. The molecule has 2 aromatic rings. The van der Waals surface area contributed by atoms with E-state index in [1.165, 1.54) is 29.2 Å². The number of amides is 4. The maximum absolute atomic E-state index is 14.2. The molecule has 2 aliphatic heterocycles. The van der Waals surface area contributed by atoms with Gasteiger partial charge in [0.25, 0.3) is 5.91 Å². The van der Waals surface area contributed by atoms with Crippen LogP contribution in [0, 0.1) is 11.3 Å². The summed E-state index contributed by atoms with van der Waals surface area (Å²) in [6, 6.07) is 7.46. The van der Waals surface area contributed by atoms with Crippen molar-refractivity contribution < 1.29 is 37.1 Å².